The summed E-state index contributed by atoms with van der Waals surface area (Å²) in [5.41, 5.74) is 1.31. The fourth-order valence-electron chi connectivity index (χ4n) is 2.42. The van der Waals surface area contributed by atoms with Crippen LogP contribution in [0.15, 0.2) is 48.8 Å². The molecule has 11 heteroatoms. The van der Waals surface area contributed by atoms with Crippen molar-refractivity contribution in [1.82, 2.24) is 19.5 Å². The fraction of sp³-hybridized carbons (Fsp3) is 0.263. The molecular weight excluding hydrogens is 419 g/mol. The summed E-state index contributed by atoms with van der Waals surface area (Å²) in [4.78, 5) is 26.4. The van der Waals surface area contributed by atoms with Gasteiger partial charge in [-0.3, -0.25) is 14.1 Å². The van der Waals surface area contributed by atoms with Crippen LogP contribution in [0.25, 0.3) is 26.1 Å². The van der Waals surface area contributed by atoms with Crippen LogP contribution < -0.4 is 10.9 Å². The second kappa shape index (κ2) is 10.1. The molecule has 0 radical (unpaired) electrons. The third-order valence-electron chi connectivity index (χ3n) is 3.63. The van der Waals surface area contributed by atoms with Crippen LogP contribution in [0.4, 0.5) is 19.0 Å². The number of hydrogen-bond donors (Lipinski definition) is 1. The molecule has 0 aromatic carbocycles. The Morgan fingerprint density at radius 3 is 2.63 bits per heavy atom. The van der Waals surface area contributed by atoms with Gasteiger partial charge in [0.1, 0.15) is 33.5 Å². The van der Waals surface area contributed by atoms with Crippen LogP contribution in [-0.2, 0) is 4.74 Å². The van der Waals surface area contributed by atoms with E-state index < -0.39 is 13.0 Å². The Kier molecular flexibility index (Phi) is 7.84. The molecule has 1 N–H and O–H groups in total. The van der Waals surface area contributed by atoms with E-state index in [9.17, 15) is 18.0 Å². The molecule has 0 atom stereocenters. The minimum Gasteiger partial charge on any atom is -0.370 e. The summed E-state index contributed by atoms with van der Waals surface area (Å²) in [6.45, 7) is 10.8. The van der Waals surface area contributed by atoms with Gasteiger partial charge in [0.2, 0.25) is 0 Å². The van der Waals surface area contributed by atoms with E-state index in [-0.39, 0.29) is 5.56 Å². The molecule has 0 saturated carbocycles. The van der Waals surface area contributed by atoms with E-state index in [0.29, 0.717) is 16.0 Å². The van der Waals surface area contributed by atoms with E-state index in [1.807, 2.05) is 13.8 Å². The van der Waals surface area contributed by atoms with E-state index in [1.165, 1.54) is 28.6 Å². The molecule has 30 heavy (non-hydrogen) atoms. The number of rotatable bonds is 6. The van der Waals surface area contributed by atoms with Crippen LogP contribution in [0.3, 0.4) is 0 Å². The average Bonchev–Trinajstić information content (AvgIpc) is 3.08. The molecule has 3 aromatic rings. The standard InChI is InChI=1S/C15H15N5OS.C4H5F3O/c1-4-6-9(3)20-8-19-11-10-13(16-5-2)17-7-18-14(10)22-12(11)15(20)21;1-2-3-8-4(5,6)7/h4,6-8H,1,5H2,2-3H3,(H,16,17,18);2H,1,3H2/b9-6+;. The molecule has 7 nitrogen and oxygen atoms in total. The highest BCUT2D eigenvalue weighted by molar-refractivity contribution is 7.25. The topological polar surface area (TPSA) is 81.9 Å². The minimum atomic E-state index is -4.52. The number of fused-ring (bicyclic) bond motifs is 3. The summed E-state index contributed by atoms with van der Waals surface area (Å²) in [5.74, 6) is 0.710. The van der Waals surface area contributed by atoms with Crippen molar-refractivity contribution in [2.24, 2.45) is 0 Å². The number of aromatic nitrogens is 4. The zero-order valence-corrected chi connectivity index (χ0v) is 17.2. The Morgan fingerprint density at radius 2 is 2.07 bits per heavy atom. The summed E-state index contributed by atoms with van der Waals surface area (Å²) >= 11 is 1.34. The Bertz CT molecular complexity index is 1130. The van der Waals surface area contributed by atoms with Crippen molar-refractivity contribution in [3.63, 3.8) is 0 Å². The van der Waals surface area contributed by atoms with Crippen LogP contribution in [0, 0.1) is 0 Å². The van der Waals surface area contributed by atoms with Crippen LogP contribution >= 0.6 is 11.3 Å². The molecule has 3 heterocycles. The van der Waals surface area contributed by atoms with Crippen molar-refractivity contribution >= 4 is 43.3 Å². The van der Waals surface area contributed by atoms with E-state index in [1.54, 1.807) is 12.2 Å². The van der Waals surface area contributed by atoms with Gasteiger partial charge in [0.25, 0.3) is 5.56 Å². The first-order valence-electron chi connectivity index (χ1n) is 8.73. The van der Waals surface area contributed by atoms with Crippen LogP contribution in [0.2, 0.25) is 0 Å². The number of nitrogens with zero attached hydrogens (tertiary/aromatic N) is 4. The van der Waals surface area contributed by atoms with Gasteiger partial charge in [0.05, 0.1) is 12.0 Å². The number of alkyl halides is 3. The first-order chi connectivity index (χ1) is 14.2. The fourth-order valence-corrected chi connectivity index (χ4v) is 3.45. The van der Waals surface area contributed by atoms with Crippen molar-refractivity contribution in [3.05, 3.63) is 54.4 Å². The number of thiophene rings is 1. The second-order valence-corrected chi connectivity index (χ2v) is 6.72. The molecule has 3 rings (SSSR count). The van der Waals surface area contributed by atoms with E-state index in [4.69, 9.17) is 0 Å². The second-order valence-electron chi connectivity index (χ2n) is 5.72. The zero-order chi connectivity index (χ0) is 22.3. The number of anilines is 1. The van der Waals surface area contributed by atoms with Gasteiger partial charge in [0, 0.05) is 12.2 Å². The predicted molar refractivity (Wildman–Crippen MR) is 113 cm³/mol. The van der Waals surface area contributed by atoms with E-state index >= 15 is 0 Å². The van der Waals surface area contributed by atoms with Crippen LogP contribution in [0.5, 0.6) is 0 Å². The molecule has 0 aliphatic rings. The van der Waals surface area contributed by atoms with Crippen LogP contribution in [0.1, 0.15) is 13.8 Å². The van der Waals surface area contributed by atoms with Gasteiger partial charge in [-0.25, -0.2) is 15.0 Å². The van der Waals surface area contributed by atoms with Gasteiger partial charge in [-0.15, -0.1) is 31.1 Å². The summed E-state index contributed by atoms with van der Waals surface area (Å²) < 4.78 is 38.3. The highest BCUT2D eigenvalue weighted by atomic mass is 32.1. The molecule has 0 fully saturated rings. The van der Waals surface area contributed by atoms with Crippen molar-refractivity contribution < 1.29 is 17.9 Å². The van der Waals surface area contributed by atoms with Gasteiger partial charge in [-0.1, -0.05) is 18.7 Å². The largest absolute Gasteiger partial charge is 0.522 e. The lowest BCUT2D eigenvalue weighted by Crippen LogP contribution is -2.17. The number of halogens is 3. The monoisotopic (exact) mass is 439 g/mol. The predicted octanol–water partition coefficient (Wildman–Crippen LogP) is 4.59. The molecule has 0 aliphatic carbocycles. The SMILES string of the molecule is C=C/C=C(\C)n1cnc2c(sc3ncnc(NCC)c32)c1=O.C=CCOC(F)(F)F. The highest BCUT2D eigenvalue weighted by Crippen LogP contribution is 2.32. The minimum absolute atomic E-state index is 0.106. The normalized spacial score (nSPS) is 11.8. The van der Waals surface area contributed by atoms with E-state index in [2.05, 4.69) is 38.2 Å². The number of nitrogens with one attached hydrogen (secondary N) is 1. The molecule has 0 unspecified atom stereocenters. The Balaban J connectivity index is 0.000000343. The van der Waals surface area contributed by atoms with Crippen molar-refractivity contribution in [2.75, 3.05) is 18.5 Å². The smallest absolute Gasteiger partial charge is 0.370 e. The van der Waals surface area contributed by atoms with Crippen molar-refractivity contribution in [2.45, 2.75) is 20.2 Å². The molecule has 0 bridgehead atoms. The molecule has 0 aliphatic heterocycles. The van der Waals surface area contributed by atoms with Gasteiger partial charge < -0.3 is 5.32 Å². The first-order valence-corrected chi connectivity index (χ1v) is 9.55. The maximum Gasteiger partial charge on any atom is 0.522 e. The van der Waals surface area contributed by atoms with Gasteiger partial charge in [-0.05, 0) is 19.9 Å². The Hall–Kier alpha value is -3.05. The molecule has 160 valence electrons. The molecule has 3 aromatic heterocycles. The lowest BCUT2D eigenvalue weighted by Gasteiger charge is -2.05. The quantitative estimate of drug-likeness (QED) is 0.447. The third kappa shape index (κ3) is 5.51. The maximum atomic E-state index is 12.7. The van der Waals surface area contributed by atoms with E-state index in [0.717, 1.165) is 28.5 Å². The molecule has 0 spiro atoms. The summed E-state index contributed by atoms with van der Waals surface area (Å²) in [6, 6.07) is 0. The summed E-state index contributed by atoms with van der Waals surface area (Å²) in [5, 5.41) is 3.99. The molecular formula is C19H20F3N5O2S. The van der Waals surface area contributed by atoms with Crippen molar-refractivity contribution in [3.8, 4) is 0 Å². The number of ether oxygens (including phenoxy) is 1. The number of allylic oxidation sites excluding steroid dienone is 3. The zero-order valence-electron chi connectivity index (χ0n) is 16.4. The summed E-state index contributed by atoms with van der Waals surface area (Å²) in [6.07, 6.45) is 2.96. The highest BCUT2D eigenvalue weighted by Gasteiger charge is 2.27. The number of hydrogen-bond acceptors (Lipinski definition) is 7. The first kappa shape index (κ1) is 23.2. The Labute approximate surface area is 174 Å². The van der Waals surface area contributed by atoms with Gasteiger partial charge in [-0.2, -0.15) is 0 Å². The van der Waals surface area contributed by atoms with Gasteiger partial charge >= 0.3 is 6.36 Å². The molecule has 0 saturated heterocycles. The summed E-state index contributed by atoms with van der Waals surface area (Å²) in [7, 11) is 0. The Morgan fingerprint density at radius 1 is 1.33 bits per heavy atom. The molecule has 0 amide bonds. The van der Waals surface area contributed by atoms with Crippen LogP contribution in [-0.4, -0.2) is 39.0 Å². The third-order valence-corrected chi connectivity index (χ3v) is 4.70. The average molecular weight is 439 g/mol. The van der Waals surface area contributed by atoms with Crippen molar-refractivity contribution in [1.29, 1.82) is 0 Å². The lowest BCUT2D eigenvalue weighted by atomic mass is 10.3. The maximum absolute atomic E-state index is 12.7. The van der Waals surface area contributed by atoms with Gasteiger partial charge in [0.15, 0.2) is 0 Å². The lowest BCUT2D eigenvalue weighted by molar-refractivity contribution is -0.319.